The standard InChI is InChI=1S/C21H26N7O7P/c22-18-17-19(24-8-23-18)28(9-25-17)14-6-12(13(7-29)34-14)35-36(32,33)26-3-4-27-20(30)15-10-1-2-11(5-10)16(15)21(27)31/h1-2,8-16,29H,3-7H2,(H2,22,23,24)(H2,26,32,33)/t10?,11?,12?,13-,14-,15?,16?/m1/s1. The SMILES string of the molecule is Nc1ncnc2c1ncn2[C@H]1CC(OP(=O)(O)NCCN2C(=O)C3C4C=CC(C4)C3C2=O)[C@@H](CO)O1. The van der Waals surface area contributed by atoms with E-state index in [0.29, 0.717) is 11.2 Å². The predicted molar refractivity (Wildman–Crippen MR) is 122 cm³/mol. The van der Waals surface area contributed by atoms with Crippen LogP contribution in [0.4, 0.5) is 5.82 Å². The number of nitrogens with one attached hydrogen (secondary N) is 1. The Hall–Kier alpha value is -2.74. The highest BCUT2D eigenvalue weighted by Crippen LogP contribution is 2.52. The summed E-state index contributed by atoms with van der Waals surface area (Å²) in [4.78, 5) is 49.4. The Kier molecular flexibility index (Phi) is 5.70. The van der Waals surface area contributed by atoms with Gasteiger partial charge < -0.3 is 20.5 Å². The van der Waals surface area contributed by atoms with Gasteiger partial charge in [-0.3, -0.25) is 23.6 Å². The zero-order valence-corrected chi connectivity index (χ0v) is 20.0. The van der Waals surface area contributed by atoms with Gasteiger partial charge in [-0.1, -0.05) is 12.2 Å². The number of anilines is 1. The summed E-state index contributed by atoms with van der Waals surface area (Å²) in [5, 5.41) is 12.2. The average Bonchev–Trinajstić information content (AvgIpc) is 3.65. The number of imidazole rings is 1. The van der Waals surface area contributed by atoms with E-state index in [2.05, 4.69) is 20.0 Å². The Balaban J connectivity index is 1.07. The van der Waals surface area contributed by atoms with Crippen molar-refractivity contribution < 1.29 is 33.4 Å². The molecule has 2 aromatic rings. The third kappa shape index (κ3) is 3.76. The number of aromatic nitrogens is 4. The van der Waals surface area contributed by atoms with Gasteiger partial charge in [0.1, 0.15) is 30.3 Å². The molecule has 0 spiro atoms. The second-order valence-corrected chi connectivity index (χ2v) is 11.1. The number of hydrogen-bond acceptors (Lipinski definition) is 10. The first-order valence-electron chi connectivity index (χ1n) is 11.8. The molecule has 192 valence electrons. The smallest absolute Gasteiger partial charge is 0.394 e. The first kappa shape index (κ1) is 23.6. The third-order valence-electron chi connectivity index (χ3n) is 7.54. The van der Waals surface area contributed by atoms with Crippen molar-refractivity contribution in [1.29, 1.82) is 0 Å². The molecular weight excluding hydrogens is 493 g/mol. The van der Waals surface area contributed by atoms with Gasteiger partial charge in [-0.2, -0.15) is 0 Å². The number of nitrogen functional groups attached to an aromatic ring is 1. The maximum Gasteiger partial charge on any atom is 0.403 e. The maximum atomic E-state index is 12.8. The van der Waals surface area contributed by atoms with Crippen molar-refractivity contribution in [3.05, 3.63) is 24.8 Å². The Labute approximate surface area is 205 Å². The highest BCUT2D eigenvalue weighted by Gasteiger charge is 2.59. The third-order valence-corrected chi connectivity index (χ3v) is 8.72. The molecule has 4 aliphatic rings. The van der Waals surface area contributed by atoms with Gasteiger partial charge in [0.15, 0.2) is 11.5 Å². The number of aliphatic hydroxyl groups is 1. The Morgan fingerprint density at radius 1 is 1.17 bits per heavy atom. The minimum atomic E-state index is -4.36. The molecule has 6 rings (SSSR count). The number of fused-ring (bicyclic) bond motifs is 6. The van der Waals surface area contributed by atoms with Gasteiger partial charge in [0.25, 0.3) is 0 Å². The first-order valence-corrected chi connectivity index (χ1v) is 13.3. The number of allylic oxidation sites excluding steroid dienone is 2. The molecule has 4 heterocycles. The second-order valence-electron chi connectivity index (χ2n) is 9.53. The Morgan fingerprint density at radius 3 is 2.58 bits per heavy atom. The molecule has 36 heavy (non-hydrogen) atoms. The lowest BCUT2D eigenvalue weighted by molar-refractivity contribution is -0.140. The van der Waals surface area contributed by atoms with E-state index in [0.717, 1.165) is 6.42 Å². The van der Waals surface area contributed by atoms with Gasteiger partial charge in [-0.05, 0) is 18.3 Å². The zero-order chi connectivity index (χ0) is 25.2. The van der Waals surface area contributed by atoms with Crippen LogP contribution in [0.5, 0.6) is 0 Å². The van der Waals surface area contributed by atoms with Gasteiger partial charge in [0, 0.05) is 19.5 Å². The second kappa shape index (κ2) is 8.68. The minimum Gasteiger partial charge on any atom is -0.394 e. The van der Waals surface area contributed by atoms with Gasteiger partial charge >= 0.3 is 7.75 Å². The van der Waals surface area contributed by atoms with E-state index >= 15 is 0 Å². The summed E-state index contributed by atoms with van der Waals surface area (Å²) in [6.07, 6.45) is 5.28. The summed E-state index contributed by atoms with van der Waals surface area (Å²) < 4.78 is 25.6. The molecule has 1 saturated carbocycles. The first-order chi connectivity index (χ1) is 17.3. The van der Waals surface area contributed by atoms with Crippen molar-refractivity contribution in [3.63, 3.8) is 0 Å². The molecule has 8 atom stereocenters. The van der Waals surface area contributed by atoms with E-state index < -0.39 is 32.8 Å². The number of carbonyl (C=O) groups excluding carboxylic acids is 2. The number of nitrogens with zero attached hydrogens (tertiary/aromatic N) is 5. The van der Waals surface area contributed by atoms with Crippen molar-refractivity contribution in [2.45, 2.75) is 31.3 Å². The van der Waals surface area contributed by atoms with E-state index in [1.165, 1.54) is 17.6 Å². The van der Waals surface area contributed by atoms with E-state index in [1.54, 1.807) is 4.57 Å². The number of likely N-dealkylation sites (tertiary alicyclic amines) is 1. The predicted octanol–water partition coefficient (Wildman–Crippen LogP) is -0.429. The fraction of sp³-hybridized carbons (Fsp3) is 0.571. The summed E-state index contributed by atoms with van der Waals surface area (Å²) in [7, 11) is -4.36. The van der Waals surface area contributed by atoms with Crippen LogP contribution in [0.1, 0.15) is 19.1 Å². The number of ether oxygens (including phenoxy) is 1. The molecule has 2 bridgehead atoms. The molecule has 3 fully saturated rings. The zero-order valence-electron chi connectivity index (χ0n) is 19.1. The number of hydrogen-bond donors (Lipinski definition) is 4. The maximum absolute atomic E-state index is 12.8. The number of aliphatic hydroxyl groups excluding tert-OH is 1. The van der Waals surface area contributed by atoms with Crippen LogP contribution < -0.4 is 10.8 Å². The van der Waals surface area contributed by atoms with Crippen molar-refractivity contribution >= 4 is 36.5 Å². The number of imide groups is 1. The quantitative estimate of drug-likeness (QED) is 0.200. The van der Waals surface area contributed by atoms with Crippen LogP contribution in [0.3, 0.4) is 0 Å². The van der Waals surface area contributed by atoms with E-state index in [9.17, 15) is 24.2 Å². The van der Waals surface area contributed by atoms with E-state index in [-0.39, 0.29) is 60.8 Å². The summed E-state index contributed by atoms with van der Waals surface area (Å²) in [5.41, 5.74) is 6.63. The van der Waals surface area contributed by atoms with Crippen LogP contribution in [0, 0.1) is 23.7 Å². The molecule has 0 radical (unpaired) electrons. The van der Waals surface area contributed by atoms with Crippen LogP contribution in [-0.2, 0) is 23.4 Å². The largest absolute Gasteiger partial charge is 0.403 e. The summed E-state index contributed by atoms with van der Waals surface area (Å²) in [6, 6.07) is 0. The number of amides is 2. The molecule has 2 saturated heterocycles. The Morgan fingerprint density at radius 2 is 1.89 bits per heavy atom. The molecule has 15 heteroatoms. The molecule has 2 aromatic heterocycles. The average molecular weight is 519 g/mol. The summed E-state index contributed by atoms with van der Waals surface area (Å²) in [6.45, 7) is -0.592. The normalized spacial score (nSPS) is 34.7. The molecule has 5 N–H and O–H groups in total. The van der Waals surface area contributed by atoms with Gasteiger partial charge in [0.2, 0.25) is 11.8 Å². The van der Waals surface area contributed by atoms with Crippen molar-refractivity contribution in [1.82, 2.24) is 29.5 Å². The lowest BCUT2D eigenvalue weighted by Crippen LogP contribution is -2.38. The fourth-order valence-corrected chi connectivity index (χ4v) is 6.98. The molecule has 2 aliphatic carbocycles. The summed E-state index contributed by atoms with van der Waals surface area (Å²) in [5.74, 6) is -0.672. The molecule has 2 aliphatic heterocycles. The van der Waals surface area contributed by atoms with Gasteiger partial charge in [-0.15, -0.1) is 0 Å². The van der Waals surface area contributed by atoms with Crippen LogP contribution in [0.15, 0.2) is 24.8 Å². The van der Waals surface area contributed by atoms with Crippen molar-refractivity contribution in [2.24, 2.45) is 23.7 Å². The fourth-order valence-electron chi connectivity index (χ4n) is 5.94. The minimum absolute atomic E-state index is 0.0343. The number of rotatable bonds is 8. The highest BCUT2D eigenvalue weighted by molar-refractivity contribution is 7.50. The Bertz CT molecular complexity index is 1270. The van der Waals surface area contributed by atoms with Gasteiger partial charge in [0.05, 0.1) is 24.8 Å². The van der Waals surface area contributed by atoms with Gasteiger partial charge in [-0.25, -0.2) is 24.6 Å². The molecular formula is C21H26N7O7P. The van der Waals surface area contributed by atoms with Crippen LogP contribution >= 0.6 is 7.75 Å². The van der Waals surface area contributed by atoms with E-state index in [1.807, 2.05) is 12.2 Å². The van der Waals surface area contributed by atoms with Crippen LogP contribution in [0.2, 0.25) is 0 Å². The summed E-state index contributed by atoms with van der Waals surface area (Å²) >= 11 is 0. The molecule has 2 amide bonds. The highest BCUT2D eigenvalue weighted by atomic mass is 31.2. The monoisotopic (exact) mass is 519 g/mol. The van der Waals surface area contributed by atoms with Crippen molar-refractivity contribution in [3.8, 4) is 0 Å². The molecule has 14 nitrogen and oxygen atoms in total. The van der Waals surface area contributed by atoms with Crippen LogP contribution in [-0.4, -0.2) is 78.1 Å². The molecule has 6 unspecified atom stereocenters. The molecule has 0 aromatic carbocycles. The van der Waals surface area contributed by atoms with Crippen LogP contribution in [0.25, 0.3) is 11.2 Å². The lowest BCUT2D eigenvalue weighted by atomic mass is 9.85. The van der Waals surface area contributed by atoms with E-state index in [4.69, 9.17) is 15.0 Å². The number of nitrogens with two attached hydrogens (primary N) is 1. The topological polar surface area (TPSA) is 195 Å². The van der Waals surface area contributed by atoms with Crippen molar-refractivity contribution in [2.75, 3.05) is 25.4 Å². The lowest BCUT2D eigenvalue weighted by Gasteiger charge is -2.22. The number of carbonyl (C=O) groups is 2.